The summed E-state index contributed by atoms with van der Waals surface area (Å²) in [5.41, 5.74) is 2.15. The average Bonchev–Trinajstić information content (AvgIpc) is 2.31. The highest BCUT2D eigenvalue weighted by Crippen LogP contribution is 2.15. The predicted molar refractivity (Wildman–Crippen MR) is 76.9 cm³/mol. The molecule has 0 aliphatic rings. The Labute approximate surface area is 110 Å². The Morgan fingerprint density at radius 3 is 2.28 bits per heavy atom. The van der Waals surface area contributed by atoms with Crippen molar-refractivity contribution >= 4 is 11.6 Å². The van der Waals surface area contributed by atoms with E-state index in [0.29, 0.717) is 6.54 Å². The maximum atomic E-state index is 12.1. The molecule has 0 radical (unpaired) electrons. The van der Waals surface area contributed by atoms with E-state index in [-0.39, 0.29) is 5.91 Å². The largest absolute Gasteiger partial charge is 0.308 e. The van der Waals surface area contributed by atoms with Gasteiger partial charge in [0.05, 0.1) is 0 Å². The summed E-state index contributed by atoms with van der Waals surface area (Å²) in [5.74, 6) is 0.0307. The number of likely N-dealkylation sites (N-methyl/N-ethyl adjacent to an activating group) is 1. The fraction of sp³-hybridized carbons (Fsp3) is 0.400. The second-order valence-corrected chi connectivity index (χ2v) is 4.63. The Balaban J connectivity index is 2.88. The molecule has 3 nitrogen and oxygen atoms in total. The van der Waals surface area contributed by atoms with Gasteiger partial charge in [-0.15, -0.1) is 0 Å². The molecule has 1 aromatic carbocycles. The van der Waals surface area contributed by atoms with Crippen LogP contribution in [-0.2, 0) is 4.79 Å². The van der Waals surface area contributed by atoms with Crippen LogP contribution in [0, 0.1) is 6.92 Å². The third-order valence-corrected chi connectivity index (χ3v) is 2.69. The molecule has 0 spiro atoms. The minimum absolute atomic E-state index is 0.0307. The summed E-state index contributed by atoms with van der Waals surface area (Å²) in [5, 5.41) is 0. The molecule has 1 amide bonds. The van der Waals surface area contributed by atoms with Gasteiger partial charge in [0.1, 0.15) is 0 Å². The Hall–Kier alpha value is -1.61. The molecule has 0 unspecified atom stereocenters. The van der Waals surface area contributed by atoms with Crippen molar-refractivity contribution in [3.8, 4) is 0 Å². The lowest BCUT2D eigenvalue weighted by atomic mass is 10.2. The molecule has 18 heavy (non-hydrogen) atoms. The van der Waals surface area contributed by atoms with E-state index in [1.54, 1.807) is 17.1 Å². The van der Waals surface area contributed by atoms with E-state index in [4.69, 9.17) is 0 Å². The molecule has 0 bridgehead atoms. The van der Waals surface area contributed by atoms with Crippen molar-refractivity contribution in [1.82, 2.24) is 4.90 Å². The molecule has 0 saturated heterocycles. The molecular formula is C15H22N2O. The highest BCUT2D eigenvalue weighted by atomic mass is 16.2. The number of amides is 1. The van der Waals surface area contributed by atoms with E-state index >= 15 is 0 Å². The SMILES string of the molecule is CC=CC(=O)N(CCN(C)C)c1ccc(C)cc1. The molecule has 0 aromatic heterocycles. The van der Waals surface area contributed by atoms with E-state index in [1.165, 1.54) is 5.56 Å². The Bertz CT molecular complexity index is 407. The molecule has 0 fully saturated rings. The smallest absolute Gasteiger partial charge is 0.250 e. The first-order valence-electron chi connectivity index (χ1n) is 6.20. The number of carbonyl (C=O) groups excluding carboxylic acids is 1. The highest BCUT2D eigenvalue weighted by Gasteiger charge is 2.12. The predicted octanol–water partition coefficient (Wildman–Crippen LogP) is 2.47. The minimum Gasteiger partial charge on any atom is -0.308 e. The number of nitrogens with zero attached hydrogens (tertiary/aromatic N) is 2. The van der Waals surface area contributed by atoms with Gasteiger partial charge in [0.15, 0.2) is 0 Å². The van der Waals surface area contributed by atoms with Gasteiger partial charge in [0.25, 0.3) is 5.91 Å². The standard InChI is InChI=1S/C15H22N2O/c1-5-6-15(18)17(12-11-16(3)4)14-9-7-13(2)8-10-14/h5-10H,11-12H2,1-4H3. The second kappa shape index (κ2) is 6.97. The van der Waals surface area contributed by atoms with Crippen LogP contribution >= 0.6 is 0 Å². The van der Waals surface area contributed by atoms with Gasteiger partial charge in [0, 0.05) is 18.8 Å². The Morgan fingerprint density at radius 1 is 1.17 bits per heavy atom. The summed E-state index contributed by atoms with van der Waals surface area (Å²) in [6.07, 6.45) is 3.38. The third kappa shape index (κ3) is 4.34. The number of hydrogen-bond acceptors (Lipinski definition) is 2. The molecule has 0 heterocycles. The summed E-state index contributed by atoms with van der Waals surface area (Å²) in [4.78, 5) is 15.9. The van der Waals surface area contributed by atoms with E-state index in [9.17, 15) is 4.79 Å². The van der Waals surface area contributed by atoms with Crippen molar-refractivity contribution in [2.45, 2.75) is 13.8 Å². The number of allylic oxidation sites excluding steroid dienone is 1. The van der Waals surface area contributed by atoms with Crippen LogP contribution in [0.25, 0.3) is 0 Å². The van der Waals surface area contributed by atoms with Gasteiger partial charge in [-0.2, -0.15) is 0 Å². The first-order valence-corrected chi connectivity index (χ1v) is 6.20. The molecule has 0 aliphatic heterocycles. The van der Waals surface area contributed by atoms with Gasteiger partial charge in [-0.05, 0) is 46.2 Å². The molecule has 1 aromatic rings. The van der Waals surface area contributed by atoms with Crippen molar-refractivity contribution in [3.63, 3.8) is 0 Å². The van der Waals surface area contributed by atoms with Crippen LogP contribution in [0.3, 0.4) is 0 Å². The number of aryl methyl sites for hydroxylation is 1. The maximum absolute atomic E-state index is 12.1. The van der Waals surface area contributed by atoms with E-state index in [1.807, 2.05) is 52.2 Å². The minimum atomic E-state index is 0.0307. The van der Waals surface area contributed by atoms with Crippen molar-refractivity contribution in [2.75, 3.05) is 32.1 Å². The molecule has 98 valence electrons. The summed E-state index contributed by atoms with van der Waals surface area (Å²) in [6, 6.07) is 8.04. The van der Waals surface area contributed by atoms with Crippen molar-refractivity contribution in [2.24, 2.45) is 0 Å². The van der Waals surface area contributed by atoms with Gasteiger partial charge in [-0.1, -0.05) is 23.8 Å². The lowest BCUT2D eigenvalue weighted by molar-refractivity contribution is -0.114. The molecule has 0 atom stereocenters. The second-order valence-electron chi connectivity index (χ2n) is 4.63. The first kappa shape index (κ1) is 14.5. The fourth-order valence-corrected chi connectivity index (χ4v) is 1.62. The van der Waals surface area contributed by atoms with Gasteiger partial charge in [0.2, 0.25) is 0 Å². The number of rotatable bonds is 5. The average molecular weight is 246 g/mol. The molecule has 0 saturated carbocycles. The lowest BCUT2D eigenvalue weighted by Gasteiger charge is -2.23. The zero-order valence-electron chi connectivity index (χ0n) is 11.7. The molecule has 1 rings (SSSR count). The van der Waals surface area contributed by atoms with Gasteiger partial charge < -0.3 is 9.80 Å². The van der Waals surface area contributed by atoms with E-state index < -0.39 is 0 Å². The van der Waals surface area contributed by atoms with Crippen molar-refractivity contribution < 1.29 is 4.79 Å². The number of carbonyl (C=O) groups is 1. The first-order chi connectivity index (χ1) is 8.54. The van der Waals surface area contributed by atoms with Crippen LogP contribution in [0.4, 0.5) is 5.69 Å². The van der Waals surface area contributed by atoms with E-state index in [0.717, 1.165) is 12.2 Å². The summed E-state index contributed by atoms with van der Waals surface area (Å²) >= 11 is 0. The Morgan fingerprint density at radius 2 is 1.78 bits per heavy atom. The number of hydrogen-bond donors (Lipinski definition) is 0. The van der Waals surface area contributed by atoms with Gasteiger partial charge in [-0.25, -0.2) is 0 Å². The maximum Gasteiger partial charge on any atom is 0.250 e. The zero-order valence-corrected chi connectivity index (χ0v) is 11.7. The van der Waals surface area contributed by atoms with Gasteiger partial charge in [-0.3, -0.25) is 4.79 Å². The number of anilines is 1. The summed E-state index contributed by atoms with van der Waals surface area (Å²) in [7, 11) is 4.01. The summed E-state index contributed by atoms with van der Waals surface area (Å²) < 4.78 is 0. The van der Waals surface area contributed by atoms with Crippen LogP contribution in [0.5, 0.6) is 0 Å². The number of benzene rings is 1. The molecule has 3 heteroatoms. The van der Waals surface area contributed by atoms with Crippen LogP contribution in [-0.4, -0.2) is 38.0 Å². The molecule has 0 aliphatic carbocycles. The van der Waals surface area contributed by atoms with Crippen LogP contribution < -0.4 is 4.90 Å². The lowest BCUT2D eigenvalue weighted by Crippen LogP contribution is -2.35. The molecule has 0 N–H and O–H groups in total. The molecular weight excluding hydrogens is 224 g/mol. The van der Waals surface area contributed by atoms with Crippen LogP contribution in [0.1, 0.15) is 12.5 Å². The highest BCUT2D eigenvalue weighted by molar-refractivity contribution is 6.01. The van der Waals surface area contributed by atoms with Crippen LogP contribution in [0.15, 0.2) is 36.4 Å². The van der Waals surface area contributed by atoms with E-state index in [2.05, 4.69) is 4.90 Å². The normalized spacial score (nSPS) is 11.2. The Kier molecular flexibility index (Phi) is 5.59. The van der Waals surface area contributed by atoms with Crippen molar-refractivity contribution in [3.05, 3.63) is 42.0 Å². The fourth-order valence-electron chi connectivity index (χ4n) is 1.62. The van der Waals surface area contributed by atoms with Crippen LogP contribution in [0.2, 0.25) is 0 Å². The topological polar surface area (TPSA) is 23.6 Å². The summed E-state index contributed by atoms with van der Waals surface area (Å²) in [6.45, 7) is 5.44. The zero-order chi connectivity index (χ0) is 13.5. The third-order valence-electron chi connectivity index (χ3n) is 2.69. The van der Waals surface area contributed by atoms with Crippen molar-refractivity contribution in [1.29, 1.82) is 0 Å². The monoisotopic (exact) mass is 246 g/mol. The quantitative estimate of drug-likeness (QED) is 0.745. The van der Waals surface area contributed by atoms with Gasteiger partial charge >= 0.3 is 0 Å².